The molecule has 3 N–H and O–H groups in total. The van der Waals surface area contributed by atoms with Gasteiger partial charge in [-0.25, -0.2) is 9.98 Å². The van der Waals surface area contributed by atoms with Crippen LogP contribution in [0.15, 0.2) is 39.9 Å². The highest BCUT2D eigenvalue weighted by Gasteiger charge is 2.13. The second-order valence-corrected chi connectivity index (χ2v) is 6.19. The van der Waals surface area contributed by atoms with Crippen LogP contribution in [0.5, 0.6) is 0 Å². The first-order chi connectivity index (χ1) is 11.2. The molecule has 3 rings (SSSR count). The van der Waals surface area contributed by atoms with Gasteiger partial charge in [-0.15, -0.1) is 0 Å². The molecule has 0 radical (unpaired) electrons. The summed E-state index contributed by atoms with van der Waals surface area (Å²) < 4.78 is 5.53. The Kier molecular flexibility index (Phi) is 4.95. The molecule has 0 amide bonds. The van der Waals surface area contributed by atoms with Gasteiger partial charge in [0.05, 0.1) is 6.54 Å². The van der Waals surface area contributed by atoms with Crippen molar-refractivity contribution in [3.63, 3.8) is 0 Å². The van der Waals surface area contributed by atoms with E-state index in [1.165, 1.54) is 37.7 Å². The number of nitrogens with zero attached hydrogens (tertiary/aromatic N) is 2. The molecule has 5 nitrogen and oxygen atoms in total. The van der Waals surface area contributed by atoms with Gasteiger partial charge in [0.25, 0.3) is 0 Å². The quantitative estimate of drug-likeness (QED) is 0.670. The molecule has 23 heavy (non-hydrogen) atoms. The van der Waals surface area contributed by atoms with Gasteiger partial charge in [-0.3, -0.25) is 0 Å². The lowest BCUT2D eigenvalue weighted by molar-refractivity contribution is 0.412. The smallest absolute Gasteiger partial charge is 0.226 e. The summed E-state index contributed by atoms with van der Waals surface area (Å²) >= 11 is 0. The van der Waals surface area contributed by atoms with Crippen LogP contribution < -0.4 is 11.1 Å². The molecule has 1 heterocycles. The van der Waals surface area contributed by atoms with Crippen LogP contribution in [0.1, 0.15) is 43.4 Å². The highest BCUT2D eigenvalue weighted by Crippen LogP contribution is 2.19. The molecule has 1 aromatic heterocycles. The van der Waals surface area contributed by atoms with Gasteiger partial charge in [0.1, 0.15) is 12.0 Å². The third kappa shape index (κ3) is 4.34. The van der Waals surface area contributed by atoms with Crippen molar-refractivity contribution in [3.05, 3.63) is 41.8 Å². The molecule has 1 aliphatic carbocycles. The van der Waals surface area contributed by atoms with Gasteiger partial charge < -0.3 is 15.5 Å². The van der Waals surface area contributed by atoms with Crippen LogP contribution in [-0.4, -0.2) is 17.0 Å². The SMILES string of the molecule is Cc1ccc(-c2nc(CN=C(N)NC3CCCCC3)co2)cc1. The zero-order chi connectivity index (χ0) is 16.1. The van der Waals surface area contributed by atoms with Crippen LogP contribution in [0.3, 0.4) is 0 Å². The van der Waals surface area contributed by atoms with Crippen LogP contribution in [-0.2, 0) is 6.54 Å². The van der Waals surface area contributed by atoms with Gasteiger partial charge in [0, 0.05) is 11.6 Å². The number of oxazole rings is 1. The molecule has 5 heteroatoms. The number of hydrogen-bond acceptors (Lipinski definition) is 3. The second kappa shape index (κ2) is 7.31. The average molecular weight is 312 g/mol. The summed E-state index contributed by atoms with van der Waals surface area (Å²) in [7, 11) is 0. The first-order valence-electron chi connectivity index (χ1n) is 8.28. The molecule has 1 aromatic carbocycles. The summed E-state index contributed by atoms with van der Waals surface area (Å²) in [5.41, 5.74) is 8.94. The van der Waals surface area contributed by atoms with E-state index in [1.54, 1.807) is 6.26 Å². The van der Waals surface area contributed by atoms with Crippen molar-refractivity contribution in [1.82, 2.24) is 10.3 Å². The lowest BCUT2D eigenvalue weighted by atomic mass is 9.96. The zero-order valence-corrected chi connectivity index (χ0v) is 13.6. The topological polar surface area (TPSA) is 76.4 Å². The molecule has 1 saturated carbocycles. The monoisotopic (exact) mass is 312 g/mol. The van der Waals surface area contributed by atoms with E-state index < -0.39 is 0 Å². The number of aromatic nitrogens is 1. The van der Waals surface area contributed by atoms with Crippen LogP contribution in [0.4, 0.5) is 0 Å². The molecule has 0 spiro atoms. The lowest BCUT2D eigenvalue weighted by Gasteiger charge is -2.23. The molecule has 1 aliphatic rings. The number of nitrogens with two attached hydrogens (primary N) is 1. The summed E-state index contributed by atoms with van der Waals surface area (Å²) in [4.78, 5) is 8.84. The number of benzene rings is 1. The molecule has 1 fully saturated rings. The highest BCUT2D eigenvalue weighted by atomic mass is 16.3. The van der Waals surface area contributed by atoms with Gasteiger partial charge in [-0.2, -0.15) is 0 Å². The molecule has 0 bridgehead atoms. The normalized spacial score (nSPS) is 16.5. The van der Waals surface area contributed by atoms with E-state index in [4.69, 9.17) is 10.2 Å². The number of hydrogen-bond donors (Lipinski definition) is 2. The fraction of sp³-hybridized carbons (Fsp3) is 0.444. The Labute approximate surface area is 137 Å². The van der Waals surface area contributed by atoms with Crippen molar-refractivity contribution in [2.75, 3.05) is 0 Å². The highest BCUT2D eigenvalue weighted by molar-refractivity contribution is 5.78. The van der Waals surface area contributed by atoms with Crippen LogP contribution in [0, 0.1) is 6.92 Å². The minimum atomic E-state index is 0.431. The number of nitrogens with one attached hydrogen (secondary N) is 1. The maximum atomic E-state index is 5.97. The maximum Gasteiger partial charge on any atom is 0.226 e. The van der Waals surface area contributed by atoms with Crippen molar-refractivity contribution in [1.29, 1.82) is 0 Å². The predicted molar refractivity (Wildman–Crippen MR) is 92.0 cm³/mol. The average Bonchev–Trinajstić information content (AvgIpc) is 3.04. The fourth-order valence-electron chi connectivity index (χ4n) is 2.88. The largest absolute Gasteiger partial charge is 0.444 e. The summed E-state index contributed by atoms with van der Waals surface area (Å²) in [5, 5.41) is 3.30. The first kappa shape index (κ1) is 15.6. The Balaban J connectivity index is 1.57. The molecule has 0 atom stereocenters. The summed E-state index contributed by atoms with van der Waals surface area (Å²) in [6.45, 7) is 2.49. The first-order valence-corrected chi connectivity index (χ1v) is 8.28. The van der Waals surface area contributed by atoms with E-state index in [9.17, 15) is 0 Å². The molecule has 122 valence electrons. The van der Waals surface area contributed by atoms with Gasteiger partial charge in [0.15, 0.2) is 5.96 Å². The third-order valence-electron chi connectivity index (χ3n) is 4.22. The molecular weight excluding hydrogens is 288 g/mol. The number of aliphatic imine (C=N–C) groups is 1. The molecule has 0 saturated heterocycles. The Morgan fingerprint density at radius 2 is 2.00 bits per heavy atom. The van der Waals surface area contributed by atoms with Gasteiger partial charge >= 0.3 is 0 Å². The summed E-state index contributed by atoms with van der Waals surface area (Å²) in [6, 6.07) is 8.57. The van der Waals surface area contributed by atoms with E-state index in [-0.39, 0.29) is 0 Å². The van der Waals surface area contributed by atoms with Crippen molar-refractivity contribution < 1.29 is 4.42 Å². The number of aryl methyl sites for hydroxylation is 1. The molecular formula is C18H24N4O. The molecule has 2 aromatic rings. The maximum absolute atomic E-state index is 5.97. The molecule has 0 aliphatic heterocycles. The van der Waals surface area contributed by atoms with Crippen molar-refractivity contribution >= 4 is 5.96 Å². The zero-order valence-electron chi connectivity index (χ0n) is 13.6. The van der Waals surface area contributed by atoms with Crippen molar-refractivity contribution in [2.24, 2.45) is 10.7 Å². The van der Waals surface area contributed by atoms with Crippen molar-refractivity contribution in [2.45, 2.75) is 51.6 Å². The fourth-order valence-corrected chi connectivity index (χ4v) is 2.88. The second-order valence-electron chi connectivity index (χ2n) is 6.19. The van der Waals surface area contributed by atoms with Crippen LogP contribution in [0.25, 0.3) is 11.5 Å². The lowest BCUT2D eigenvalue weighted by Crippen LogP contribution is -2.41. The minimum Gasteiger partial charge on any atom is -0.444 e. The Morgan fingerprint density at radius 3 is 2.74 bits per heavy atom. The van der Waals surface area contributed by atoms with Gasteiger partial charge in [-0.05, 0) is 31.9 Å². The Bertz CT molecular complexity index is 654. The van der Waals surface area contributed by atoms with Gasteiger partial charge in [0.2, 0.25) is 5.89 Å². The third-order valence-corrected chi connectivity index (χ3v) is 4.22. The van der Waals surface area contributed by atoms with E-state index in [0.29, 0.717) is 24.4 Å². The van der Waals surface area contributed by atoms with E-state index in [0.717, 1.165) is 11.3 Å². The van der Waals surface area contributed by atoms with E-state index in [1.807, 2.05) is 24.3 Å². The standard InChI is InChI=1S/C18H24N4O/c1-13-7-9-14(10-8-13)17-21-16(12-23-17)11-20-18(19)22-15-5-3-2-4-6-15/h7-10,12,15H,2-6,11H2,1H3,(H3,19,20,22). The van der Waals surface area contributed by atoms with Crippen molar-refractivity contribution in [3.8, 4) is 11.5 Å². The number of guanidine groups is 1. The van der Waals surface area contributed by atoms with E-state index >= 15 is 0 Å². The number of rotatable bonds is 4. The van der Waals surface area contributed by atoms with E-state index in [2.05, 4.69) is 22.2 Å². The minimum absolute atomic E-state index is 0.431. The van der Waals surface area contributed by atoms with Gasteiger partial charge in [-0.1, -0.05) is 37.0 Å². The summed E-state index contributed by atoms with van der Waals surface area (Å²) in [5.74, 6) is 1.12. The predicted octanol–water partition coefficient (Wildman–Crippen LogP) is 3.39. The summed E-state index contributed by atoms with van der Waals surface area (Å²) in [6.07, 6.45) is 7.88. The Hall–Kier alpha value is -2.30. The van der Waals surface area contributed by atoms with Crippen LogP contribution in [0.2, 0.25) is 0 Å². The molecule has 0 unspecified atom stereocenters. The van der Waals surface area contributed by atoms with Crippen LogP contribution >= 0.6 is 0 Å². The Morgan fingerprint density at radius 1 is 1.26 bits per heavy atom.